The second-order valence-electron chi connectivity index (χ2n) is 6.06. The third kappa shape index (κ3) is 4.36. The number of carbonyl (C=O) groups is 2. The van der Waals surface area contributed by atoms with E-state index in [0.717, 1.165) is 17.7 Å². The molecule has 0 aromatic carbocycles. The van der Waals surface area contributed by atoms with E-state index in [0.29, 0.717) is 30.4 Å². The summed E-state index contributed by atoms with van der Waals surface area (Å²) >= 11 is 5.75. The first-order chi connectivity index (χ1) is 12.0. The maximum absolute atomic E-state index is 12.5. The Kier molecular flexibility index (Phi) is 5.33. The number of hydrogen-bond donors (Lipinski definition) is 1. The highest BCUT2D eigenvalue weighted by atomic mass is 35.5. The second-order valence-corrected chi connectivity index (χ2v) is 6.45. The van der Waals surface area contributed by atoms with Crippen molar-refractivity contribution in [1.29, 1.82) is 0 Å². The van der Waals surface area contributed by atoms with Crippen LogP contribution in [0.15, 0.2) is 28.9 Å². The van der Waals surface area contributed by atoms with Crippen molar-refractivity contribution in [2.45, 2.75) is 38.8 Å². The normalized spacial score (nSPS) is 16.9. The van der Waals surface area contributed by atoms with E-state index in [1.165, 1.54) is 0 Å². The Labute approximate surface area is 150 Å². The molecule has 25 heavy (non-hydrogen) atoms. The van der Waals surface area contributed by atoms with Crippen molar-refractivity contribution in [3.8, 4) is 0 Å². The van der Waals surface area contributed by atoms with Gasteiger partial charge in [-0.05, 0) is 31.4 Å². The molecule has 7 nitrogen and oxygen atoms in total. The van der Waals surface area contributed by atoms with Gasteiger partial charge in [0.2, 0.25) is 11.8 Å². The molecule has 0 spiro atoms. The Morgan fingerprint density at radius 3 is 2.96 bits per heavy atom. The highest BCUT2D eigenvalue weighted by Crippen LogP contribution is 2.19. The van der Waals surface area contributed by atoms with Crippen LogP contribution in [-0.4, -0.2) is 39.4 Å². The molecule has 2 aromatic rings. The molecule has 0 unspecified atom stereocenters. The van der Waals surface area contributed by atoms with Gasteiger partial charge in [-0.25, -0.2) is 4.98 Å². The average molecular weight is 363 g/mol. The quantitative estimate of drug-likeness (QED) is 0.820. The largest absolute Gasteiger partial charge is 0.361 e. The maximum Gasteiger partial charge on any atom is 0.243 e. The molecule has 8 heteroatoms. The summed E-state index contributed by atoms with van der Waals surface area (Å²) in [4.78, 5) is 30.6. The van der Waals surface area contributed by atoms with Crippen molar-refractivity contribution in [3.05, 3.63) is 46.6 Å². The first-order valence-electron chi connectivity index (χ1n) is 8.13. The molecule has 1 fully saturated rings. The Morgan fingerprint density at radius 2 is 2.28 bits per heavy atom. The van der Waals surface area contributed by atoms with Crippen LogP contribution in [0.2, 0.25) is 5.15 Å². The van der Waals surface area contributed by atoms with Gasteiger partial charge in [0.05, 0.1) is 12.1 Å². The molecule has 0 radical (unpaired) electrons. The zero-order chi connectivity index (χ0) is 17.8. The summed E-state index contributed by atoms with van der Waals surface area (Å²) in [5.41, 5.74) is 1.58. The van der Waals surface area contributed by atoms with E-state index in [1.54, 1.807) is 36.2 Å². The number of hydrogen-bond acceptors (Lipinski definition) is 5. The van der Waals surface area contributed by atoms with Crippen LogP contribution < -0.4 is 5.32 Å². The topological polar surface area (TPSA) is 88.3 Å². The van der Waals surface area contributed by atoms with E-state index in [2.05, 4.69) is 15.5 Å². The van der Waals surface area contributed by atoms with Crippen LogP contribution in [0.25, 0.3) is 0 Å². The van der Waals surface area contributed by atoms with Crippen LogP contribution in [-0.2, 0) is 22.6 Å². The minimum absolute atomic E-state index is 0.117. The fraction of sp³-hybridized carbons (Fsp3) is 0.412. The summed E-state index contributed by atoms with van der Waals surface area (Å²) in [6, 6.07) is 4.76. The van der Waals surface area contributed by atoms with E-state index in [1.807, 2.05) is 0 Å². The number of rotatable bonds is 5. The Bertz CT molecular complexity index is 760. The number of aromatic nitrogens is 2. The lowest BCUT2D eigenvalue weighted by molar-refractivity contribution is -0.138. The van der Waals surface area contributed by atoms with Gasteiger partial charge < -0.3 is 14.7 Å². The van der Waals surface area contributed by atoms with Crippen molar-refractivity contribution in [2.75, 3.05) is 6.54 Å². The summed E-state index contributed by atoms with van der Waals surface area (Å²) in [7, 11) is 0. The van der Waals surface area contributed by atoms with Crippen LogP contribution in [0.1, 0.15) is 29.9 Å². The zero-order valence-electron chi connectivity index (χ0n) is 13.9. The lowest BCUT2D eigenvalue weighted by Gasteiger charge is -2.23. The monoisotopic (exact) mass is 362 g/mol. The minimum atomic E-state index is -0.447. The predicted molar refractivity (Wildman–Crippen MR) is 90.8 cm³/mol. The van der Waals surface area contributed by atoms with Crippen molar-refractivity contribution in [3.63, 3.8) is 0 Å². The molecule has 1 atom stereocenters. The lowest BCUT2D eigenvalue weighted by Crippen LogP contribution is -2.46. The fourth-order valence-electron chi connectivity index (χ4n) is 2.91. The van der Waals surface area contributed by atoms with Crippen LogP contribution in [0, 0.1) is 6.92 Å². The third-order valence-corrected chi connectivity index (χ3v) is 4.36. The molecule has 1 N–H and O–H groups in total. The lowest BCUT2D eigenvalue weighted by atomic mass is 10.2. The molecule has 1 aliphatic rings. The number of carbonyl (C=O) groups excluding carboxylic acids is 2. The Hall–Kier alpha value is -2.41. The molecular weight excluding hydrogens is 344 g/mol. The van der Waals surface area contributed by atoms with Gasteiger partial charge >= 0.3 is 0 Å². The number of amides is 2. The van der Waals surface area contributed by atoms with E-state index in [9.17, 15) is 9.59 Å². The molecule has 132 valence electrons. The average Bonchev–Trinajstić information content (AvgIpc) is 3.23. The van der Waals surface area contributed by atoms with E-state index in [-0.39, 0.29) is 18.2 Å². The number of aryl methyl sites for hydroxylation is 1. The number of nitrogens with one attached hydrogen (secondary N) is 1. The Morgan fingerprint density at radius 1 is 1.44 bits per heavy atom. The van der Waals surface area contributed by atoms with Crippen molar-refractivity contribution < 1.29 is 14.1 Å². The SMILES string of the molecule is Cc1cc(CC(=O)N2CCC[C@H]2C(=O)NCc2ccc(Cl)nc2)on1. The van der Waals surface area contributed by atoms with Gasteiger partial charge in [0.25, 0.3) is 0 Å². The summed E-state index contributed by atoms with van der Waals surface area (Å²) in [5.74, 6) is 0.234. The molecule has 0 saturated carbocycles. The van der Waals surface area contributed by atoms with Crippen molar-refractivity contribution in [2.24, 2.45) is 0 Å². The molecule has 2 amide bonds. The highest BCUT2D eigenvalue weighted by Gasteiger charge is 2.34. The molecule has 1 saturated heterocycles. The van der Waals surface area contributed by atoms with Crippen molar-refractivity contribution >= 4 is 23.4 Å². The fourth-order valence-corrected chi connectivity index (χ4v) is 3.02. The van der Waals surface area contributed by atoms with Gasteiger partial charge in [0.1, 0.15) is 17.0 Å². The summed E-state index contributed by atoms with van der Waals surface area (Å²) in [5, 5.41) is 7.05. The van der Waals surface area contributed by atoms with E-state index in [4.69, 9.17) is 16.1 Å². The number of likely N-dealkylation sites (tertiary alicyclic amines) is 1. The maximum atomic E-state index is 12.5. The van der Waals surface area contributed by atoms with Crippen molar-refractivity contribution in [1.82, 2.24) is 20.4 Å². The molecule has 0 bridgehead atoms. The standard InChI is InChI=1S/C17H19ClN4O3/c1-11-7-13(25-21-11)8-16(23)22-6-2-3-14(22)17(24)20-10-12-4-5-15(18)19-9-12/h4-5,7,9,14H,2-3,6,8,10H2,1H3,(H,20,24)/t14-/m0/s1. The molecule has 0 aliphatic carbocycles. The minimum Gasteiger partial charge on any atom is -0.361 e. The Balaban J connectivity index is 1.57. The first-order valence-corrected chi connectivity index (χ1v) is 8.50. The third-order valence-electron chi connectivity index (χ3n) is 4.13. The van der Waals surface area contributed by atoms with Crippen LogP contribution >= 0.6 is 11.6 Å². The van der Waals surface area contributed by atoms with Gasteiger partial charge in [-0.15, -0.1) is 0 Å². The molecule has 1 aliphatic heterocycles. The summed E-state index contributed by atoms with van der Waals surface area (Å²) in [6.45, 7) is 2.73. The smallest absolute Gasteiger partial charge is 0.243 e. The van der Waals surface area contributed by atoms with Gasteiger partial charge in [-0.1, -0.05) is 22.8 Å². The number of halogens is 1. The molecule has 3 heterocycles. The second kappa shape index (κ2) is 7.65. The molecule has 3 rings (SSSR count). The number of nitrogens with zero attached hydrogens (tertiary/aromatic N) is 3. The predicted octanol–water partition coefficient (Wildman–Crippen LogP) is 1.88. The van der Waals surface area contributed by atoms with Gasteiger partial charge in [-0.2, -0.15) is 0 Å². The van der Waals surface area contributed by atoms with Gasteiger partial charge in [0.15, 0.2) is 0 Å². The summed E-state index contributed by atoms with van der Waals surface area (Å²) in [6.07, 6.45) is 3.20. The molecular formula is C17H19ClN4O3. The number of pyridine rings is 1. The molecule has 2 aromatic heterocycles. The van der Waals surface area contributed by atoms with E-state index < -0.39 is 6.04 Å². The van der Waals surface area contributed by atoms with Gasteiger partial charge in [-0.3, -0.25) is 9.59 Å². The van der Waals surface area contributed by atoms with Crippen LogP contribution in [0.5, 0.6) is 0 Å². The zero-order valence-corrected chi connectivity index (χ0v) is 14.6. The van der Waals surface area contributed by atoms with Gasteiger partial charge in [0, 0.05) is 25.4 Å². The van der Waals surface area contributed by atoms with Crippen LogP contribution in [0.4, 0.5) is 0 Å². The highest BCUT2D eigenvalue weighted by molar-refractivity contribution is 6.29. The summed E-state index contributed by atoms with van der Waals surface area (Å²) < 4.78 is 5.09. The van der Waals surface area contributed by atoms with Crippen LogP contribution in [0.3, 0.4) is 0 Å². The first kappa shape index (κ1) is 17.4. The van der Waals surface area contributed by atoms with E-state index >= 15 is 0 Å².